The van der Waals surface area contributed by atoms with Crippen LogP contribution in [0.3, 0.4) is 0 Å². The van der Waals surface area contributed by atoms with Gasteiger partial charge in [0.1, 0.15) is 17.2 Å². The second-order valence-corrected chi connectivity index (χ2v) is 10.6. The zero-order valence-electron chi connectivity index (χ0n) is 20.7. The second kappa shape index (κ2) is 10.6. The van der Waals surface area contributed by atoms with Gasteiger partial charge in [0.2, 0.25) is 0 Å². The first-order valence-corrected chi connectivity index (χ1v) is 12.7. The van der Waals surface area contributed by atoms with Crippen molar-refractivity contribution in [1.29, 1.82) is 0 Å². The van der Waals surface area contributed by atoms with Crippen LogP contribution in [0.2, 0.25) is 5.02 Å². The van der Waals surface area contributed by atoms with Crippen LogP contribution in [0.5, 0.6) is 0 Å². The Labute approximate surface area is 216 Å². The van der Waals surface area contributed by atoms with Crippen molar-refractivity contribution in [1.82, 2.24) is 9.97 Å². The summed E-state index contributed by atoms with van der Waals surface area (Å²) in [6.45, 7) is 3.39. The molecule has 1 fully saturated rings. The number of esters is 1. The van der Waals surface area contributed by atoms with Crippen molar-refractivity contribution >= 4 is 29.4 Å². The fourth-order valence-electron chi connectivity index (χ4n) is 5.25. The summed E-state index contributed by atoms with van der Waals surface area (Å²) >= 11 is 6.44. The number of hydrogen-bond donors (Lipinski definition) is 3. The van der Waals surface area contributed by atoms with E-state index in [1.165, 1.54) is 0 Å². The van der Waals surface area contributed by atoms with Gasteiger partial charge in [0.15, 0.2) is 0 Å². The van der Waals surface area contributed by atoms with Gasteiger partial charge in [-0.15, -0.1) is 0 Å². The van der Waals surface area contributed by atoms with Gasteiger partial charge in [-0.2, -0.15) is 4.99 Å². The summed E-state index contributed by atoms with van der Waals surface area (Å²) in [6.07, 6.45) is 8.51. The maximum Gasteiger partial charge on any atom is 0.338 e. The van der Waals surface area contributed by atoms with Crippen LogP contribution < -0.4 is 5.73 Å². The molecule has 1 aliphatic carbocycles. The lowest BCUT2D eigenvalue weighted by molar-refractivity contribution is -0.167. The molecular formula is C27H33ClN4O4. The number of aliphatic hydroxyl groups excluding tert-OH is 1. The number of ether oxygens (including phenoxy) is 1. The van der Waals surface area contributed by atoms with E-state index in [1.807, 2.05) is 18.2 Å². The van der Waals surface area contributed by atoms with Crippen molar-refractivity contribution in [3.8, 4) is 0 Å². The Hall–Kier alpha value is -2.97. The average Bonchev–Trinajstić information content (AvgIpc) is 3.36. The molecule has 8 nitrogen and oxygen atoms in total. The molecule has 0 amide bonds. The SMILES string of the molecule is CC(C)(O)c1ccc(CCC2(C3CCCC3)CC(O)=C(CC(N)=Nc3ncccn3)C(=O)O2)cc1Cl. The molecule has 1 unspecified atom stereocenters. The van der Waals surface area contributed by atoms with Gasteiger partial charge in [-0.05, 0) is 63.1 Å². The summed E-state index contributed by atoms with van der Waals surface area (Å²) in [5.74, 6) is -0.0858. The first-order chi connectivity index (χ1) is 17.1. The number of halogens is 1. The standard InChI is InChI=1S/C27H33ClN4O4/c1-26(2,35)20-9-8-17(14-21(20)28)10-11-27(18-6-3-4-7-18)16-22(33)19(24(34)36-27)15-23(29)32-25-30-12-5-13-31-25/h5,8-9,12-14,18,33,35H,3-4,6-7,10-11,15-16H2,1-2H3,(H2,29,30,31,32). The van der Waals surface area contributed by atoms with Crippen LogP contribution in [0.1, 0.15) is 69.9 Å². The molecule has 0 bridgehead atoms. The third-order valence-corrected chi connectivity index (χ3v) is 7.45. The molecule has 1 atom stereocenters. The number of carbonyl (C=O) groups excluding carboxylic acids is 1. The monoisotopic (exact) mass is 512 g/mol. The smallest absolute Gasteiger partial charge is 0.338 e. The number of nitrogens with zero attached hydrogens (tertiary/aromatic N) is 3. The Morgan fingerprint density at radius 3 is 2.58 bits per heavy atom. The van der Waals surface area contributed by atoms with E-state index in [-0.39, 0.29) is 41.9 Å². The van der Waals surface area contributed by atoms with Crippen LogP contribution in [-0.4, -0.2) is 37.6 Å². The van der Waals surface area contributed by atoms with Gasteiger partial charge >= 0.3 is 5.97 Å². The molecule has 1 aromatic heterocycles. The van der Waals surface area contributed by atoms with Gasteiger partial charge in [0, 0.05) is 35.8 Å². The minimum Gasteiger partial charge on any atom is -0.512 e. The highest BCUT2D eigenvalue weighted by molar-refractivity contribution is 6.31. The van der Waals surface area contributed by atoms with Crippen LogP contribution in [0.25, 0.3) is 0 Å². The van der Waals surface area contributed by atoms with Crippen molar-refractivity contribution in [2.75, 3.05) is 0 Å². The van der Waals surface area contributed by atoms with Gasteiger partial charge < -0.3 is 20.7 Å². The van der Waals surface area contributed by atoms with Gasteiger partial charge in [-0.3, -0.25) is 0 Å². The van der Waals surface area contributed by atoms with E-state index >= 15 is 0 Å². The van der Waals surface area contributed by atoms with Crippen molar-refractivity contribution in [3.63, 3.8) is 0 Å². The molecule has 1 aromatic carbocycles. The maximum atomic E-state index is 13.2. The average molecular weight is 513 g/mol. The third-order valence-electron chi connectivity index (χ3n) is 7.14. The van der Waals surface area contributed by atoms with Crippen molar-refractivity contribution in [2.45, 2.75) is 76.4 Å². The highest BCUT2D eigenvalue weighted by Crippen LogP contribution is 2.46. The zero-order valence-corrected chi connectivity index (χ0v) is 21.5. The summed E-state index contributed by atoms with van der Waals surface area (Å²) in [5.41, 5.74) is 5.96. The highest BCUT2D eigenvalue weighted by atomic mass is 35.5. The maximum absolute atomic E-state index is 13.2. The Kier molecular flexibility index (Phi) is 7.66. The third kappa shape index (κ3) is 5.87. The van der Waals surface area contributed by atoms with E-state index in [0.29, 0.717) is 23.4 Å². The molecule has 0 saturated heterocycles. The number of aromatic nitrogens is 2. The fourth-order valence-corrected chi connectivity index (χ4v) is 5.69. The molecule has 2 aromatic rings. The fraction of sp³-hybridized carbons (Fsp3) is 0.481. The van der Waals surface area contributed by atoms with Crippen LogP contribution in [0, 0.1) is 5.92 Å². The molecule has 4 rings (SSSR count). The summed E-state index contributed by atoms with van der Waals surface area (Å²) < 4.78 is 6.15. The van der Waals surface area contributed by atoms with Crippen LogP contribution in [0.15, 0.2) is 53.0 Å². The Morgan fingerprint density at radius 1 is 1.28 bits per heavy atom. The predicted octanol–water partition coefficient (Wildman–Crippen LogP) is 5.06. The lowest BCUT2D eigenvalue weighted by Crippen LogP contribution is -2.46. The summed E-state index contributed by atoms with van der Waals surface area (Å²) in [5, 5.41) is 21.8. The molecule has 0 radical (unpaired) electrons. The van der Waals surface area contributed by atoms with E-state index in [1.54, 1.807) is 32.3 Å². The molecule has 0 spiro atoms. The number of carbonyl (C=O) groups is 1. The molecule has 36 heavy (non-hydrogen) atoms. The molecule has 1 aliphatic heterocycles. The Bertz CT molecular complexity index is 1170. The predicted molar refractivity (Wildman–Crippen MR) is 138 cm³/mol. The van der Waals surface area contributed by atoms with Crippen molar-refractivity contribution < 1.29 is 19.7 Å². The molecule has 192 valence electrons. The van der Waals surface area contributed by atoms with Crippen molar-refractivity contribution in [2.24, 2.45) is 16.6 Å². The van der Waals surface area contributed by atoms with Gasteiger partial charge in [0.25, 0.3) is 5.95 Å². The number of amidine groups is 1. The summed E-state index contributed by atoms with van der Waals surface area (Å²) in [7, 11) is 0. The van der Waals surface area contributed by atoms with Gasteiger partial charge in [0.05, 0.1) is 11.2 Å². The Morgan fingerprint density at radius 2 is 1.97 bits per heavy atom. The number of rotatable bonds is 8. The summed E-state index contributed by atoms with van der Waals surface area (Å²) in [4.78, 5) is 25.3. The highest BCUT2D eigenvalue weighted by Gasteiger charge is 2.48. The van der Waals surface area contributed by atoms with E-state index < -0.39 is 17.2 Å². The Balaban J connectivity index is 1.54. The van der Waals surface area contributed by atoms with Crippen molar-refractivity contribution in [3.05, 3.63) is 64.1 Å². The van der Waals surface area contributed by atoms with E-state index in [4.69, 9.17) is 22.1 Å². The van der Waals surface area contributed by atoms with E-state index in [2.05, 4.69) is 15.0 Å². The number of aryl methyl sites for hydroxylation is 1. The molecule has 4 N–H and O–H groups in total. The number of nitrogens with two attached hydrogens (primary N) is 1. The van der Waals surface area contributed by atoms with E-state index in [9.17, 15) is 15.0 Å². The van der Waals surface area contributed by atoms with Crippen LogP contribution in [-0.2, 0) is 21.6 Å². The minimum atomic E-state index is -1.04. The van der Waals surface area contributed by atoms with E-state index in [0.717, 1.165) is 31.2 Å². The number of cyclic esters (lactones) is 1. The zero-order chi connectivity index (χ0) is 25.9. The summed E-state index contributed by atoms with van der Waals surface area (Å²) in [6, 6.07) is 7.29. The normalized spacial score (nSPS) is 21.7. The van der Waals surface area contributed by atoms with Gasteiger partial charge in [-0.25, -0.2) is 14.8 Å². The first-order valence-electron chi connectivity index (χ1n) is 12.3. The second-order valence-electron chi connectivity index (χ2n) is 10.2. The number of hydrogen-bond acceptors (Lipinski definition) is 7. The first kappa shape index (κ1) is 26.1. The lowest BCUT2D eigenvalue weighted by atomic mass is 9.76. The molecular weight excluding hydrogens is 480 g/mol. The number of aliphatic imine (C=N–C) groups is 1. The van der Waals surface area contributed by atoms with Gasteiger partial charge in [-0.1, -0.05) is 36.6 Å². The topological polar surface area (TPSA) is 131 Å². The molecule has 2 aliphatic rings. The largest absolute Gasteiger partial charge is 0.512 e. The number of aliphatic hydroxyl groups is 2. The quantitative estimate of drug-likeness (QED) is 0.256. The molecule has 9 heteroatoms. The number of benzene rings is 1. The van der Waals surface area contributed by atoms with Crippen LogP contribution >= 0.6 is 11.6 Å². The van der Waals surface area contributed by atoms with Crippen LogP contribution in [0.4, 0.5) is 5.95 Å². The molecule has 1 saturated carbocycles. The molecule has 2 heterocycles. The minimum absolute atomic E-state index is 0.000639. The lowest BCUT2D eigenvalue weighted by Gasteiger charge is -2.42.